The largest absolute Gasteiger partial charge is 0.351 e. The second-order valence-electron chi connectivity index (χ2n) is 8.67. The molecule has 6 rings (SSSR count). The monoisotopic (exact) mass is 444 g/mol. The van der Waals surface area contributed by atoms with Crippen LogP contribution in [0.15, 0.2) is 42.7 Å². The molecule has 168 valence electrons. The Labute approximate surface area is 191 Å². The highest BCUT2D eigenvalue weighted by atomic mass is 19.1. The van der Waals surface area contributed by atoms with Crippen LogP contribution in [0.5, 0.6) is 0 Å². The van der Waals surface area contributed by atoms with Crippen molar-refractivity contribution in [1.29, 1.82) is 0 Å². The van der Waals surface area contributed by atoms with E-state index in [1.807, 2.05) is 19.3 Å². The van der Waals surface area contributed by atoms with Gasteiger partial charge in [0.1, 0.15) is 17.5 Å². The van der Waals surface area contributed by atoms with Gasteiger partial charge < -0.3 is 15.1 Å². The number of aryl methyl sites for hydroxylation is 1. The number of hydrogen-bond donors (Lipinski definition) is 1. The Kier molecular flexibility index (Phi) is 4.82. The highest BCUT2D eigenvalue weighted by Crippen LogP contribution is 2.32. The molecule has 0 atom stereocenters. The standard InChI is InChI=1S/C24H25FN8/c1-31-22(6-8-27-31)28-18-12-16-15-33(11-7-20(16)26-14-18)23-19-13-17(25)4-5-21(19)29-24(30-23)32-9-2-3-10-32/h4-6,8,12-14,28H,2-3,7,9-11,15H2,1H3. The van der Waals surface area contributed by atoms with Gasteiger partial charge in [-0.3, -0.25) is 9.67 Å². The molecule has 1 fully saturated rings. The zero-order chi connectivity index (χ0) is 22.4. The van der Waals surface area contributed by atoms with E-state index in [-0.39, 0.29) is 5.82 Å². The molecule has 0 radical (unpaired) electrons. The third kappa shape index (κ3) is 3.73. The van der Waals surface area contributed by atoms with Crippen LogP contribution in [0.25, 0.3) is 10.9 Å². The van der Waals surface area contributed by atoms with Crippen molar-refractivity contribution in [3.63, 3.8) is 0 Å². The van der Waals surface area contributed by atoms with Gasteiger partial charge in [0.05, 0.1) is 23.6 Å². The van der Waals surface area contributed by atoms with E-state index in [9.17, 15) is 4.39 Å². The molecular formula is C24H25FN8. The molecule has 0 spiro atoms. The average Bonchev–Trinajstić information content (AvgIpc) is 3.50. The summed E-state index contributed by atoms with van der Waals surface area (Å²) in [7, 11) is 1.90. The van der Waals surface area contributed by atoms with Crippen molar-refractivity contribution in [2.45, 2.75) is 25.8 Å². The van der Waals surface area contributed by atoms with Crippen LogP contribution in [0.4, 0.5) is 27.7 Å². The Morgan fingerprint density at radius 1 is 1.00 bits per heavy atom. The Balaban J connectivity index is 1.36. The lowest BCUT2D eigenvalue weighted by Gasteiger charge is -2.31. The fourth-order valence-corrected chi connectivity index (χ4v) is 4.69. The second-order valence-corrected chi connectivity index (χ2v) is 8.67. The molecule has 5 heterocycles. The summed E-state index contributed by atoms with van der Waals surface area (Å²) in [5.74, 6) is 2.15. The third-order valence-electron chi connectivity index (χ3n) is 6.45. The summed E-state index contributed by atoms with van der Waals surface area (Å²) in [4.78, 5) is 18.8. The Morgan fingerprint density at radius 3 is 2.70 bits per heavy atom. The smallest absolute Gasteiger partial charge is 0.227 e. The summed E-state index contributed by atoms with van der Waals surface area (Å²) < 4.78 is 16.0. The molecule has 8 nitrogen and oxygen atoms in total. The first-order valence-electron chi connectivity index (χ1n) is 11.3. The molecule has 4 aromatic rings. The van der Waals surface area contributed by atoms with Crippen LogP contribution in [0.1, 0.15) is 24.1 Å². The molecule has 0 aliphatic carbocycles. The third-order valence-corrected chi connectivity index (χ3v) is 6.45. The Hall–Kier alpha value is -3.75. The van der Waals surface area contributed by atoms with E-state index in [0.717, 1.165) is 84.3 Å². The molecular weight excluding hydrogens is 419 g/mol. The summed E-state index contributed by atoms with van der Waals surface area (Å²) >= 11 is 0. The molecule has 1 saturated heterocycles. The van der Waals surface area contributed by atoms with Gasteiger partial charge in [-0.2, -0.15) is 10.1 Å². The van der Waals surface area contributed by atoms with E-state index < -0.39 is 0 Å². The van der Waals surface area contributed by atoms with Crippen LogP contribution in [0.3, 0.4) is 0 Å². The summed E-state index contributed by atoms with van der Waals surface area (Å²) in [6.45, 7) is 3.35. The highest BCUT2D eigenvalue weighted by molar-refractivity contribution is 5.90. The molecule has 2 aliphatic rings. The molecule has 0 unspecified atom stereocenters. The number of benzene rings is 1. The lowest BCUT2D eigenvalue weighted by Crippen LogP contribution is -2.32. The minimum atomic E-state index is -0.275. The van der Waals surface area contributed by atoms with Crippen molar-refractivity contribution in [2.75, 3.05) is 34.8 Å². The van der Waals surface area contributed by atoms with Gasteiger partial charge in [-0.05, 0) is 42.7 Å². The van der Waals surface area contributed by atoms with Gasteiger partial charge in [0.2, 0.25) is 5.95 Å². The summed E-state index contributed by atoms with van der Waals surface area (Å²) in [5.41, 5.74) is 3.92. The van der Waals surface area contributed by atoms with Crippen molar-refractivity contribution < 1.29 is 4.39 Å². The molecule has 0 saturated carbocycles. The average molecular weight is 445 g/mol. The molecule has 0 amide bonds. The minimum absolute atomic E-state index is 0.275. The van der Waals surface area contributed by atoms with E-state index in [1.165, 1.54) is 6.07 Å². The first-order chi connectivity index (χ1) is 16.1. The van der Waals surface area contributed by atoms with Crippen molar-refractivity contribution in [3.05, 3.63) is 59.8 Å². The number of fused-ring (bicyclic) bond motifs is 2. The zero-order valence-corrected chi connectivity index (χ0v) is 18.5. The first kappa shape index (κ1) is 19.9. The maximum Gasteiger partial charge on any atom is 0.227 e. The van der Waals surface area contributed by atoms with E-state index in [0.29, 0.717) is 6.54 Å². The van der Waals surface area contributed by atoms with Gasteiger partial charge in [0.25, 0.3) is 0 Å². The predicted octanol–water partition coefficient (Wildman–Crippen LogP) is 3.80. The molecule has 1 N–H and O–H groups in total. The van der Waals surface area contributed by atoms with Crippen LogP contribution < -0.4 is 15.1 Å². The number of nitrogens with zero attached hydrogens (tertiary/aromatic N) is 7. The zero-order valence-electron chi connectivity index (χ0n) is 18.5. The van der Waals surface area contributed by atoms with Crippen LogP contribution >= 0.6 is 0 Å². The van der Waals surface area contributed by atoms with E-state index in [1.54, 1.807) is 23.0 Å². The molecule has 9 heteroatoms. The molecule has 2 aliphatic heterocycles. The van der Waals surface area contributed by atoms with Crippen LogP contribution in [0, 0.1) is 5.82 Å². The second kappa shape index (κ2) is 7.99. The number of halogens is 1. The predicted molar refractivity (Wildman–Crippen MR) is 126 cm³/mol. The van der Waals surface area contributed by atoms with Crippen molar-refractivity contribution in [2.24, 2.45) is 7.05 Å². The number of anilines is 4. The van der Waals surface area contributed by atoms with Gasteiger partial charge in [-0.15, -0.1) is 0 Å². The first-order valence-corrected chi connectivity index (χ1v) is 11.3. The summed E-state index contributed by atoms with van der Waals surface area (Å²) in [6, 6.07) is 8.83. The molecule has 0 bridgehead atoms. The summed E-state index contributed by atoms with van der Waals surface area (Å²) in [6.07, 6.45) is 6.72. The van der Waals surface area contributed by atoms with Gasteiger partial charge in [0, 0.05) is 56.8 Å². The van der Waals surface area contributed by atoms with Gasteiger partial charge in [-0.25, -0.2) is 9.37 Å². The number of pyridine rings is 1. The fourth-order valence-electron chi connectivity index (χ4n) is 4.69. The Morgan fingerprint density at radius 2 is 1.88 bits per heavy atom. The SMILES string of the molecule is Cn1nccc1Nc1cnc2c(c1)CN(c1nc(N3CCCC3)nc3ccc(F)cc13)CC2. The Bertz CT molecular complexity index is 1330. The van der Waals surface area contributed by atoms with Crippen molar-refractivity contribution in [3.8, 4) is 0 Å². The topological polar surface area (TPSA) is 75.0 Å². The number of aromatic nitrogens is 5. The van der Waals surface area contributed by atoms with Gasteiger partial charge >= 0.3 is 0 Å². The fraction of sp³-hybridized carbons (Fsp3) is 0.333. The minimum Gasteiger partial charge on any atom is -0.351 e. The van der Waals surface area contributed by atoms with Crippen LogP contribution in [-0.2, 0) is 20.0 Å². The van der Waals surface area contributed by atoms with Crippen LogP contribution in [0.2, 0.25) is 0 Å². The van der Waals surface area contributed by atoms with E-state index in [2.05, 4.69) is 26.3 Å². The maximum absolute atomic E-state index is 14.2. The van der Waals surface area contributed by atoms with Crippen molar-refractivity contribution >= 4 is 34.2 Å². The van der Waals surface area contributed by atoms with Crippen LogP contribution in [-0.4, -0.2) is 44.4 Å². The van der Waals surface area contributed by atoms with Gasteiger partial charge in [0.15, 0.2) is 0 Å². The lowest BCUT2D eigenvalue weighted by molar-refractivity contribution is 0.629. The van der Waals surface area contributed by atoms with E-state index >= 15 is 0 Å². The summed E-state index contributed by atoms with van der Waals surface area (Å²) in [5, 5.41) is 8.33. The number of rotatable bonds is 4. The van der Waals surface area contributed by atoms with Gasteiger partial charge in [-0.1, -0.05) is 0 Å². The molecule has 3 aromatic heterocycles. The van der Waals surface area contributed by atoms with E-state index in [4.69, 9.17) is 15.0 Å². The van der Waals surface area contributed by atoms with Crippen molar-refractivity contribution in [1.82, 2.24) is 24.7 Å². The highest BCUT2D eigenvalue weighted by Gasteiger charge is 2.24. The molecule has 33 heavy (non-hydrogen) atoms. The number of hydrogen-bond acceptors (Lipinski definition) is 7. The molecule has 1 aromatic carbocycles. The lowest BCUT2D eigenvalue weighted by atomic mass is 10.0. The normalized spacial score (nSPS) is 15.8. The number of nitrogens with one attached hydrogen (secondary N) is 1. The quantitative estimate of drug-likeness (QED) is 0.513. The maximum atomic E-state index is 14.2.